The number of nitrogens with zero attached hydrogens (tertiary/aromatic N) is 3. The highest BCUT2D eigenvalue weighted by Gasteiger charge is 2.24. The third kappa shape index (κ3) is 4.08. The molecule has 1 aliphatic rings. The average Bonchev–Trinajstić information content (AvgIpc) is 3.29. The summed E-state index contributed by atoms with van der Waals surface area (Å²) in [6, 6.07) is 17.5. The zero-order chi connectivity index (χ0) is 23.7. The van der Waals surface area contributed by atoms with Crippen molar-refractivity contribution in [2.75, 3.05) is 36.5 Å². The van der Waals surface area contributed by atoms with E-state index in [-0.39, 0.29) is 11.3 Å². The van der Waals surface area contributed by atoms with Gasteiger partial charge in [0.1, 0.15) is 11.2 Å². The Labute approximate surface area is 195 Å². The molecule has 34 heavy (non-hydrogen) atoms. The van der Waals surface area contributed by atoms with E-state index < -0.39 is 10.8 Å². The van der Waals surface area contributed by atoms with Gasteiger partial charge in [0.05, 0.1) is 18.1 Å². The summed E-state index contributed by atoms with van der Waals surface area (Å²) >= 11 is 0. The van der Waals surface area contributed by atoms with Crippen LogP contribution in [0.15, 0.2) is 65.1 Å². The van der Waals surface area contributed by atoms with Gasteiger partial charge in [-0.05, 0) is 48.9 Å². The summed E-state index contributed by atoms with van der Waals surface area (Å²) < 4.78 is 11.2. The molecule has 5 rings (SSSR count). The number of ether oxygens (including phenoxy) is 1. The van der Waals surface area contributed by atoms with Crippen LogP contribution < -0.4 is 10.2 Å². The number of fused-ring (bicyclic) bond motifs is 1. The summed E-state index contributed by atoms with van der Waals surface area (Å²) in [6.45, 7) is 4.01. The van der Waals surface area contributed by atoms with Crippen molar-refractivity contribution in [1.29, 1.82) is 0 Å². The number of oxazole rings is 1. The zero-order valence-corrected chi connectivity index (χ0v) is 18.5. The molecule has 0 unspecified atom stereocenters. The van der Waals surface area contributed by atoms with Crippen LogP contribution in [0.4, 0.5) is 17.1 Å². The number of rotatable bonds is 5. The van der Waals surface area contributed by atoms with Gasteiger partial charge >= 0.3 is 0 Å². The maximum absolute atomic E-state index is 13.0. The first kappa shape index (κ1) is 21.6. The molecule has 0 bridgehead atoms. The number of hydrogen-bond donors (Lipinski definition) is 1. The highest BCUT2D eigenvalue weighted by atomic mass is 16.6. The van der Waals surface area contributed by atoms with Gasteiger partial charge in [-0.1, -0.05) is 18.2 Å². The lowest BCUT2D eigenvalue weighted by atomic mass is 10.1. The van der Waals surface area contributed by atoms with Crippen molar-refractivity contribution in [2.24, 2.45) is 0 Å². The zero-order valence-electron chi connectivity index (χ0n) is 18.5. The maximum Gasteiger partial charge on any atom is 0.293 e. The molecule has 0 atom stereocenters. The van der Waals surface area contributed by atoms with Crippen molar-refractivity contribution in [3.05, 3.63) is 81.9 Å². The highest BCUT2D eigenvalue weighted by molar-refractivity contribution is 6.06. The molecule has 1 saturated heterocycles. The minimum absolute atomic E-state index is 0.105. The number of carbonyl (C=O) groups is 1. The molecule has 172 valence electrons. The van der Waals surface area contributed by atoms with Gasteiger partial charge in [0.2, 0.25) is 5.89 Å². The molecule has 2 heterocycles. The fourth-order valence-corrected chi connectivity index (χ4v) is 4.07. The second kappa shape index (κ2) is 8.95. The third-order valence-corrected chi connectivity index (χ3v) is 5.89. The predicted molar refractivity (Wildman–Crippen MR) is 128 cm³/mol. The van der Waals surface area contributed by atoms with Crippen LogP contribution in [0.1, 0.15) is 15.9 Å². The van der Waals surface area contributed by atoms with E-state index in [0.29, 0.717) is 49.2 Å². The molecule has 9 nitrogen and oxygen atoms in total. The topological polar surface area (TPSA) is 111 Å². The monoisotopic (exact) mass is 458 g/mol. The molecule has 9 heteroatoms. The number of amides is 1. The van der Waals surface area contributed by atoms with E-state index in [1.807, 2.05) is 42.2 Å². The van der Waals surface area contributed by atoms with Crippen molar-refractivity contribution < 1.29 is 18.9 Å². The molecule has 1 aliphatic heterocycles. The Morgan fingerprint density at radius 3 is 2.65 bits per heavy atom. The van der Waals surface area contributed by atoms with Crippen molar-refractivity contribution in [2.45, 2.75) is 6.92 Å². The lowest BCUT2D eigenvalue weighted by Crippen LogP contribution is -2.36. The van der Waals surface area contributed by atoms with Gasteiger partial charge < -0.3 is 19.4 Å². The molecule has 0 saturated carbocycles. The van der Waals surface area contributed by atoms with Crippen LogP contribution in [0.5, 0.6) is 0 Å². The van der Waals surface area contributed by atoms with Crippen LogP contribution in [0.3, 0.4) is 0 Å². The Bertz CT molecular complexity index is 1360. The van der Waals surface area contributed by atoms with E-state index in [2.05, 4.69) is 10.3 Å². The molecule has 0 spiro atoms. The van der Waals surface area contributed by atoms with Crippen LogP contribution in [0.2, 0.25) is 0 Å². The minimum atomic E-state index is -0.458. The number of para-hydroxylation sites is 2. The van der Waals surface area contributed by atoms with Crippen LogP contribution in [0, 0.1) is 17.0 Å². The average molecular weight is 458 g/mol. The Morgan fingerprint density at radius 1 is 1.09 bits per heavy atom. The Hall–Kier alpha value is -4.24. The van der Waals surface area contributed by atoms with Crippen molar-refractivity contribution in [3.8, 4) is 11.5 Å². The first-order valence-electron chi connectivity index (χ1n) is 10.9. The number of morpholine rings is 1. The molecule has 4 aromatic rings. The number of benzene rings is 3. The van der Waals surface area contributed by atoms with Gasteiger partial charge in [-0.2, -0.15) is 0 Å². The van der Waals surface area contributed by atoms with Crippen molar-refractivity contribution in [3.63, 3.8) is 0 Å². The Balaban J connectivity index is 1.42. The van der Waals surface area contributed by atoms with Gasteiger partial charge in [-0.3, -0.25) is 14.9 Å². The molecule has 0 radical (unpaired) electrons. The molecule has 1 aromatic heterocycles. The molecular weight excluding hydrogens is 436 g/mol. The quantitative estimate of drug-likeness (QED) is 0.338. The highest BCUT2D eigenvalue weighted by Crippen LogP contribution is 2.32. The SMILES string of the molecule is Cc1c(NC(=O)c2ccc(N3CCOCC3)c([N+](=O)[O-])c2)cccc1-c1nc2ccccc2o1. The third-order valence-electron chi connectivity index (χ3n) is 5.89. The number of hydrogen-bond acceptors (Lipinski definition) is 7. The van der Waals surface area contributed by atoms with E-state index in [1.54, 1.807) is 24.3 Å². The van der Waals surface area contributed by atoms with Gasteiger partial charge in [-0.15, -0.1) is 0 Å². The Kier molecular flexibility index (Phi) is 5.69. The molecule has 1 fully saturated rings. The molecular formula is C25H22N4O5. The van der Waals surface area contributed by atoms with Crippen molar-refractivity contribution >= 4 is 34.1 Å². The van der Waals surface area contributed by atoms with Gasteiger partial charge in [0, 0.05) is 36.0 Å². The fraction of sp³-hybridized carbons (Fsp3) is 0.200. The lowest BCUT2D eigenvalue weighted by molar-refractivity contribution is -0.384. The summed E-state index contributed by atoms with van der Waals surface area (Å²) in [5, 5.41) is 14.6. The first-order chi connectivity index (χ1) is 16.5. The molecule has 3 aromatic carbocycles. The van der Waals surface area contributed by atoms with E-state index >= 15 is 0 Å². The van der Waals surface area contributed by atoms with Gasteiger partial charge in [-0.25, -0.2) is 4.98 Å². The first-order valence-corrected chi connectivity index (χ1v) is 10.9. The fourth-order valence-electron chi connectivity index (χ4n) is 4.07. The number of anilines is 2. The standard InChI is InChI=1S/C25H22N4O5/c1-16-18(25-27-20-6-2-3-8-23(20)34-25)5-4-7-19(16)26-24(30)17-9-10-21(22(15-17)29(31)32)28-11-13-33-14-12-28/h2-10,15H,11-14H2,1H3,(H,26,30). The predicted octanol–water partition coefficient (Wildman–Crippen LogP) is 4.80. The van der Waals surface area contributed by atoms with Crippen LogP contribution >= 0.6 is 0 Å². The summed E-state index contributed by atoms with van der Waals surface area (Å²) in [4.78, 5) is 30.7. The summed E-state index contributed by atoms with van der Waals surface area (Å²) in [6.07, 6.45) is 0. The van der Waals surface area contributed by atoms with Crippen LogP contribution in [0.25, 0.3) is 22.6 Å². The van der Waals surface area contributed by atoms with E-state index in [1.165, 1.54) is 6.07 Å². The number of nitro groups is 1. The number of nitro benzene ring substituents is 1. The summed E-state index contributed by atoms with van der Waals surface area (Å²) in [5.41, 5.74) is 4.12. The Morgan fingerprint density at radius 2 is 1.88 bits per heavy atom. The largest absolute Gasteiger partial charge is 0.436 e. The number of nitrogens with one attached hydrogen (secondary N) is 1. The van der Waals surface area contributed by atoms with Crippen LogP contribution in [-0.2, 0) is 4.74 Å². The number of aromatic nitrogens is 1. The molecule has 0 aliphatic carbocycles. The van der Waals surface area contributed by atoms with E-state index in [4.69, 9.17) is 9.15 Å². The minimum Gasteiger partial charge on any atom is -0.436 e. The maximum atomic E-state index is 13.0. The molecule has 1 amide bonds. The summed E-state index contributed by atoms with van der Waals surface area (Å²) in [7, 11) is 0. The van der Waals surface area contributed by atoms with Crippen LogP contribution in [-0.4, -0.2) is 42.1 Å². The smallest absolute Gasteiger partial charge is 0.293 e. The number of carbonyl (C=O) groups excluding carboxylic acids is 1. The molecule has 1 N–H and O–H groups in total. The van der Waals surface area contributed by atoms with Gasteiger partial charge in [0.25, 0.3) is 11.6 Å². The lowest BCUT2D eigenvalue weighted by Gasteiger charge is -2.28. The normalized spacial score (nSPS) is 13.7. The second-order valence-corrected chi connectivity index (χ2v) is 7.98. The van der Waals surface area contributed by atoms with E-state index in [9.17, 15) is 14.9 Å². The van der Waals surface area contributed by atoms with Crippen molar-refractivity contribution in [1.82, 2.24) is 4.98 Å². The van der Waals surface area contributed by atoms with E-state index in [0.717, 1.165) is 16.6 Å². The second-order valence-electron chi connectivity index (χ2n) is 7.98. The summed E-state index contributed by atoms with van der Waals surface area (Å²) in [5.74, 6) is 0.0229. The van der Waals surface area contributed by atoms with Gasteiger partial charge in [0.15, 0.2) is 5.58 Å².